The minimum atomic E-state index is -0.194. The molecule has 26 heavy (non-hydrogen) atoms. The van der Waals surface area contributed by atoms with Gasteiger partial charge in [0.25, 0.3) is 0 Å². The van der Waals surface area contributed by atoms with Crippen LogP contribution in [0.5, 0.6) is 0 Å². The van der Waals surface area contributed by atoms with Crippen LogP contribution in [0, 0.1) is 19.3 Å². The van der Waals surface area contributed by atoms with E-state index >= 15 is 0 Å². The van der Waals surface area contributed by atoms with Crippen molar-refractivity contribution in [3.8, 4) is 0 Å². The highest BCUT2D eigenvalue weighted by atomic mass is 16.5. The van der Waals surface area contributed by atoms with Crippen molar-refractivity contribution in [3.05, 3.63) is 52.9 Å². The van der Waals surface area contributed by atoms with Crippen molar-refractivity contribution in [1.29, 1.82) is 0 Å². The Morgan fingerprint density at radius 2 is 2.00 bits per heavy atom. The third-order valence-corrected chi connectivity index (χ3v) is 6.20. The number of nitrogens with zero attached hydrogens (tertiary/aromatic N) is 3. The minimum Gasteiger partial charge on any atom is -0.361 e. The molecule has 2 fully saturated rings. The minimum absolute atomic E-state index is 0.194. The van der Waals surface area contributed by atoms with Crippen LogP contribution in [0.25, 0.3) is 0 Å². The summed E-state index contributed by atoms with van der Waals surface area (Å²) in [5.41, 5.74) is 3.07. The second kappa shape index (κ2) is 6.54. The first-order valence-corrected chi connectivity index (χ1v) is 9.50. The molecule has 0 unspecified atom stereocenters. The topological polar surface area (TPSA) is 49.6 Å². The number of β-lactam (4-membered cyclic amide) rings is 1. The number of likely N-dealkylation sites (tertiary alicyclic amines) is 2. The molecule has 2 atom stereocenters. The van der Waals surface area contributed by atoms with Gasteiger partial charge in [0.1, 0.15) is 5.76 Å². The summed E-state index contributed by atoms with van der Waals surface area (Å²) in [7, 11) is 0. The quantitative estimate of drug-likeness (QED) is 0.790. The largest absolute Gasteiger partial charge is 0.361 e. The van der Waals surface area contributed by atoms with E-state index in [1.807, 2.05) is 18.7 Å². The number of aromatic nitrogens is 1. The first-order valence-electron chi connectivity index (χ1n) is 9.50. The molecule has 0 saturated carbocycles. The van der Waals surface area contributed by atoms with Gasteiger partial charge in [-0.25, -0.2) is 0 Å². The fourth-order valence-corrected chi connectivity index (χ4v) is 4.54. The van der Waals surface area contributed by atoms with E-state index in [9.17, 15) is 4.79 Å². The normalized spacial score (nSPS) is 24.7. The average molecular weight is 353 g/mol. The molecule has 138 valence electrons. The Hall–Kier alpha value is -2.14. The average Bonchev–Trinajstić information content (AvgIpc) is 2.99. The fraction of sp³-hybridized carbons (Fsp3) is 0.524. The lowest BCUT2D eigenvalue weighted by atomic mass is 9.71. The van der Waals surface area contributed by atoms with Crippen LogP contribution < -0.4 is 0 Å². The third-order valence-electron chi connectivity index (χ3n) is 6.20. The summed E-state index contributed by atoms with van der Waals surface area (Å²) < 4.78 is 5.24. The van der Waals surface area contributed by atoms with E-state index in [0.717, 1.165) is 49.5 Å². The van der Waals surface area contributed by atoms with E-state index in [1.54, 1.807) is 0 Å². The number of rotatable bonds is 4. The second-order valence-corrected chi connectivity index (χ2v) is 7.90. The zero-order valence-corrected chi connectivity index (χ0v) is 15.9. The molecule has 1 spiro atoms. The van der Waals surface area contributed by atoms with Crippen molar-refractivity contribution in [3.63, 3.8) is 0 Å². The van der Waals surface area contributed by atoms with Gasteiger partial charge in [0.2, 0.25) is 5.91 Å². The summed E-state index contributed by atoms with van der Waals surface area (Å²) in [5, 5.41) is 4.00. The van der Waals surface area contributed by atoms with Crippen LogP contribution in [-0.4, -0.2) is 40.5 Å². The standard InChI is InChI=1S/C21H27N3O2/c1-15-19(17(3)26-22-15)12-24-14-21(20(24)25)10-7-11-23(13-21)16(2)18-8-5-4-6-9-18/h4-6,8-9,16H,7,10-14H2,1-3H3/t16-,21+/m0/s1. The van der Waals surface area contributed by atoms with Crippen LogP contribution in [0.3, 0.4) is 0 Å². The van der Waals surface area contributed by atoms with Crippen LogP contribution in [0.4, 0.5) is 0 Å². The maximum atomic E-state index is 13.0. The van der Waals surface area contributed by atoms with Gasteiger partial charge in [-0.05, 0) is 45.7 Å². The maximum Gasteiger partial charge on any atom is 0.232 e. The summed E-state index contributed by atoms with van der Waals surface area (Å²) in [5.74, 6) is 1.11. The fourth-order valence-electron chi connectivity index (χ4n) is 4.54. The van der Waals surface area contributed by atoms with Crippen molar-refractivity contribution < 1.29 is 9.32 Å². The van der Waals surface area contributed by atoms with Crippen molar-refractivity contribution in [2.45, 2.75) is 46.2 Å². The summed E-state index contributed by atoms with van der Waals surface area (Å²) in [6.45, 7) is 9.49. The maximum absolute atomic E-state index is 13.0. The Labute approximate surface area is 155 Å². The molecular formula is C21H27N3O2. The molecule has 1 aromatic carbocycles. The van der Waals surface area contributed by atoms with Crippen molar-refractivity contribution in [2.75, 3.05) is 19.6 Å². The van der Waals surface area contributed by atoms with E-state index in [-0.39, 0.29) is 5.41 Å². The summed E-state index contributed by atoms with van der Waals surface area (Å²) in [6.07, 6.45) is 2.09. The van der Waals surface area contributed by atoms with Gasteiger partial charge < -0.3 is 9.42 Å². The highest BCUT2D eigenvalue weighted by Crippen LogP contribution is 2.43. The molecule has 2 aromatic rings. The van der Waals surface area contributed by atoms with E-state index in [2.05, 4.69) is 47.3 Å². The summed E-state index contributed by atoms with van der Waals surface area (Å²) in [6, 6.07) is 10.9. The molecule has 0 aliphatic carbocycles. The third kappa shape index (κ3) is 2.84. The van der Waals surface area contributed by atoms with E-state index in [0.29, 0.717) is 18.5 Å². The zero-order chi connectivity index (χ0) is 18.3. The van der Waals surface area contributed by atoms with E-state index < -0.39 is 0 Å². The Morgan fingerprint density at radius 1 is 1.23 bits per heavy atom. The lowest BCUT2D eigenvalue weighted by Gasteiger charge is -2.54. The Kier molecular flexibility index (Phi) is 4.35. The number of hydrogen-bond donors (Lipinski definition) is 0. The SMILES string of the molecule is Cc1noc(C)c1CN1C[C@]2(CCCN([C@@H](C)c3ccccc3)C2)C1=O. The number of amides is 1. The van der Waals surface area contributed by atoms with Gasteiger partial charge in [-0.3, -0.25) is 9.69 Å². The number of hydrogen-bond acceptors (Lipinski definition) is 4. The van der Waals surface area contributed by atoms with Crippen LogP contribution in [-0.2, 0) is 11.3 Å². The molecule has 2 saturated heterocycles. The summed E-state index contributed by atoms with van der Waals surface area (Å²) >= 11 is 0. The lowest BCUT2D eigenvalue weighted by molar-refractivity contribution is -0.168. The van der Waals surface area contributed by atoms with Gasteiger partial charge >= 0.3 is 0 Å². The van der Waals surface area contributed by atoms with Gasteiger partial charge in [0, 0.05) is 24.7 Å². The van der Waals surface area contributed by atoms with E-state index in [1.165, 1.54) is 5.56 Å². The summed E-state index contributed by atoms with van der Waals surface area (Å²) in [4.78, 5) is 17.5. The van der Waals surface area contributed by atoms with Crippen LogP contribution in [0.15, 0.2) is 34.9 Å². The highest BCUT2D eigenvalue weighted by molar-refractivity contribution is 5.89. The molecule has 3 heterocycles. The molecule has 5 heteroatoms. The molecule has 4 rings (SSSR count). The first kappa shape index (κ1) is 17.3. The predicted octanol–water partition coefficient (Wildman–Crippen LogP) is 3.48. The Morgan fingerprint density at radius 3 is 2.65 bits per heavy atom. The molecule has 5 nitrogen and oxygen atoms in total. The van der Waals surface area contributed by atoms with Gasteiger partial charge in [0.15, 0.2) is 0 Å². The lowest BCUT2D eigenvalue weighted by Crippen LogP contribution is -2.66. The monoisotopic (exact) mass is 353 g/mol. The van der Waals surface area contributed by atoms with Crippen LogP contribution >= 0.6 is 0 Å². The molecule has 2 aliphatic rings. The second-order valence-electron chi connectivity index (χ2n) is 7.90. The van der Waals surface area contributed by atoms with Gasteiger partial charge in [0.05, 0.1) is 17.7 Å². The molecule has 0 N–H and O–H groups in total. The highest BCUT2D eigenvalue weighted by Gasteiger charge is 2.54. The Bertz CT molecular complexity index is 781. The van der Waals surface area contributed by atoms with Crippen molar-refractivity contribution >= 4 is 5.91 Å². The Balaban J connectivity index is 1.44. The number of aryl methyl sites for hydroxylation is 2. The molecule has 1 amide bonds. The van der Waals surface area contributed by atoms with Crippen molar-refractivity contribution in [2.24, 2.45) is 5.41 Å². The van der Waals surface area contributed by atoms with Gasteiger partial charge in [-0.1, -0.05) is 35.5 Å². The number of carbonyl (C=O) groups is 1. The zero-order valence-electron chi connectivity index (χ0n) is 15.9. The molecule has 0 radical (unpaired) electrons. The van der Waals surface area contributed by atoms with Crippen LogP contribution in [0.2, 0.25) is 0 Å². The molecule has 0 bridgehead atoms. The first-order chi connectivity index (χ1) is 12.5. The van der Waals surface area contributed by atoms with E-state index in [4.69, 9.17) is 4.52 Å². The van der Waals surface area contributed by atoms with Crippen LogP contribution in [0.1, 0.15) is 48.4 Å². The number of carbonyl (C=O) groups excluding carboxylic acids is 1. The van der Waals surface area contributed by atoms with Gasteiger partial charge in [-0.2, -0.15) is 0 Å². The number of piperidine rings is 1. The predicted molar refractivity (Wildman–Crippen MR) is 99.5 cm³/mol. The van der Waals surface area contributed by atoms with Crippen molar-refractivity contribution in [1.82, 2.24) is 15.0 Å². The molecular weight excluding hydrogens is 326 g/mol. The smallest absolute Gasteiger partial charge is 0.232 e. The van der Waals surface area contributed by atoms with Gasteiger partial charge in [-0.15, -0.1) is 0 Å². The number of benzene rings is 1. The molecule has 1 aromatic heterocycles. The molecule has 2 aliphatic heterocycles.